The van der Waals surface area contributed by atoms with Crippen LogP contribution in [0.1, 0.15) is 25.3 Å². The van der Waals surface area contributed by atoms with E-state index in [0.717, 1.165) is 5.56 Å². The van der Waals surface area contributed by atoms with E-state index in [1.54, 1.807) is 12.1 Å². The fourth-order valence-corrected chi connectivity index (χ4v) is 2.25. The number of nitrogens with one attached hydrogen (secondary N) is 2. The predicted molar refractivity (Wildman–Crippen MR) is 81.1 cm³/mol. The maximum atomic E-state index is 12.4. The number of rotatable bonds is 3. The fraction of sp³-hybridized carbons (Fsp3) is 0.467. The van der Waals surface area contributed by atoms with Gasteiger partial charge >= 0.3 is 0 Å². The molecule has 1 aromatic carbocycles. The molecule has 0 aromatic heterocycles. The molecule has 0 aliphatic carbocycles. The Labute approximate surface area is 124 Å². The number of hydrogen-bond acceptors (Lipinski definition) is 4. The van der Waals surface area contributed by atoms with Crippen molar-refractivity contribution in [3.8, 4) is 0 Å². The van der Waals surface area contributed by atoms with Gasteiger partial charge in [-0.15, -0.1) is 0 Å². The first-order valence-corrected chi connectivity index (χ1v) is 6.97. The summed E-state index contributed by atoms with van der Waals surface area (Å²) in [7, 11) is 0. The molecule has 0 unspecified atom stereocenters. The van der Waals surface area contributed by atoms with Crippen molar-refractivity contribution in [3.05, 3.63) is 23.8 Å². The minimum absolute atomic E-state index is 0.157. The molecule has 0 bridgehead atoms. The fourth-order valence-electron chi connectivity index (χ4n) is 2.25. The first-order valence-electron chi connectivity index (χ1n) is 6.97. The predicted octanol–water partition coefficient (Wildman–Crippen LogP) is 1.40. The Morgan fingerprint density at radius 2 is 1.90 bits per heavy atom. The lowest BCUT2D eigenvalue weighted by Crippen LogP contribution is -2.54. The second kappa shape index (κ2) is 6.24. The third-order valence-corrected chi connectivity index (χ3v) is 3.64. The third kappa shape index (κ3) is 3.80. The molecule has 0 saturated carbocycles. The molecule has 1 fully saturated rings. The van der Waals surface area contributed by atoms with E-state index in [-0.39, 0.29) is 11.8 Å². The molecular formula is C15H21N3O3. The normalized spacial score (nSPS) is 17.1. The summed E-state index contributed by atoms with van der Waals surface area (Å²) in [4.78, 5) is 23.5. The van der Waals surface area contributed by atoms with Crippen molar-refractivity contribution < 1.29 is 14.3 Å². The van der Waals surface area contributed by atoms with Crippen molar-refractivity contribution in [1.29, 1.82) is 0 Å². The maximum Gasteiger partial charge on any atom is 0.244 e. The van der Waals surface area contributed by atoms with Gasteiger partial charge in [0.05, 0.1) is 0 Å². The molecule has 0 radical (unpaired) electrons. The first-order chi connectivity index (χ1) is 9.90. The van der Waals surface area contributed by atoms with Crippen LogP contribution in [-0.2, 0) is 14.3 Å². The Kier molecular flexibility index (Phi) is 4.59. The second-order valence-corrected chi connectivity index (χ2v) is 5.43. The molecule has 1 aliphatic heterocycles. The van der Waals surface area contributed by atoms with E-state index in [0.29, 0.717) is 37.4 Å². The van der Waals surface area contributed by atoms with E-state index in [4.69, 9.17) is 10.5 Å². The number of nitrogens with two attached hydrogens (primary N) is 1. The topological polar surface area (TPSA) is 93.5 Å². The van der Waals surface area contributed by atoms with Crippen LogP contribution >= 0.6 is 0 Å². The molecule has 2 rings (SSSR count). The van der Waals surface area contributed by atoms with E-state index in [9.17, 15) is 9.59 Å². The standard InChI is InChI=1S/C15H21N3O3/c1-10-3-4-12(17-11(2)19)9-13(10)18-14(20)15(16)5-7-21-8-6-15/h3-4,9H,5-8,16H2,1-2H3,(H,17,19)(H,18,20). The molecule has 114 valence electrons. The summed E-state index contributed by atoms with van der Waals surface area (Å²) in [5, 5.41) is 5.56. The van der Waals surface area contributed by atoms with Gasteiger partial charge in [-0.3, -0.25) is 9.59 Å². The molecule has 1 saturated heterocycles. The Bertz CT molecular complexity index is 551. The summed E-state index contributed by atoms with van der Waals surface area (Å²) >= 11 is 0. The summed E-state index contributed by atoms with van der Waals surface area (Å²) < 4.78 is 5.24. The number of carbonyl (C=O) groups excluding carboxylic acids is 2. The lowest BCUT2D eigenvalue weighted by molar-refractivity contribution is -0.124. The SMILES string of the molecule is CC(=O)Nc1ccc(C)c(NC(=O)C2(N)CCOCC2)c1. The van der Waals surface area contributed by atoms with Gasteiger partial charge in [0.25, 0.3) is 0 Å². The summed E-state index contributed by atoms with van der Waals surface area (Å²) in [5.41, 5.74) is 7.47. The highest BCUT2D eigenvalue weighted by Crippen LogP contribution is 2.24. The van der Waals surface area contributed by atoms with Gasteiger partial charge < -0.3 is 21.1 Å². The number of carbonyl (C=O) groups is 2. The van der Waals surface area contributed by atoms with Crippen molar-refractivity contribution in [2.24, 2.45) is 5.73 Å². The van der Waals surface area contributed by atoms with Crippen molar-refractivity contribution in [1.82, 2.24) is 0 Å². The molecule has 21 heavy (non-hydrogen) atoms. The van der Waals surface area contributed by atoms with Crippen molar-refractivity contribution in [2.45, 2.75) is 32.2 Å². The van der Waals surface area contributed by atoms with Crippen LogP contribution in [0.3, 0.4) is 0 Å². The minimum Gasteiger partial charge on any atom is -0.381 e. The van der Waals surface area contributed by atoms with Gasteiger partial charge in [-0.1, -0.05) is 6.07 Å². The van der Waals surface area contributed by atoms with Gasteiger partial charge in [0, 0.05) is 31.5 Å². The summed E-state index contributed by atoms with van der Waals surface area (Å²) in [6.45, 7) is 4.32. The van der Waals surface area contributed by atoms with Gasteiger partial charge in [0.1, 0.15) is 5.54 Å². The van der Waals surface area contributed by atoms with Crippen LogP contribution in [0.15, 0.2) is 18.2 Å². The van der Waals surface area contributed by atoms with Crippen LogP contribution in [0.5, 0.6) is 0 Å². The molecule has 6 heteroatoms. The van der Waals surface area contributed by atoms with Crippen molar-refractivity contribution >= 4 is 23.2 Å². The molecule has 1 aliphatic rings. The van der Waals surface area contributed by atoms with Crippen LogP contribution in [0.2, 0.25) is 0 Å². The molecule has 4 N–H and O–H groups in total. The molecule has 1 aromatic rings. The smallest absolute Gasteiger partial charge is 0.244 e. The van der Waals surface area contributed by atoms with Gasteiger partial charge in [-0.05, 0) is 37.5 Å². The number of ether oxygens (including phenoxy) is 1. The largest absolute Gasteiger partial charge is 0.381 e. The minimum atomic E-state index is -0.894. The van der Waals surface area contributed by atoms with E-state index in [1.165, 1.54) is 6.92 Å². The Hall–Kier alpha value is -1.92. The highest BCUT2D eigenvalue weighted by atomic mass is 16.5. The lowest BCUT2D eigenvalue weighted by Gasteiger charge is -2.32. The zero-order chi connectivity index (χ0) is 15.5. The zero-order valence-electron chi connectivity index (χ0n) is 12.4. The van der Waals surface area contributed by atoms with Crippen LogP contribution in [-0.4, -0.2) is 30.6 Å². The number of hydrogen-bond donors (Lipinski definition) is 3. The quantitative estimate of drug-likeness (QED) is 0.784. The molecule has 6 nitrogen and oxygen atoms in total. The maximum absolute atomic E-state index is 12.4. The monoisotopic (exact) mass is 291 g/mol. The van der Waals surface area contributed by atoms with Gasteiger partial charge in [0.15, 0.2) is 0 Å². The Morgan fingerprint density at radius 3 is 2.52 bits per heavy atom. The number of amides is 2. The summed E-state index contributed by atoms with van der Waals surface area (Å²) in [6, 6.07) is 5.37. The van der Waals surface area contributed by atoms with Crippen LogP contribution in [0.25, 0.3) is 0 Å². The molecule has 2 amide bonds. The van der Waals surface area contributed by atoms with Crippen LogP contribution in [0, 0.1) is 6.92 Å². The zero-order valence-corrected chi connectivity index (χ0v) is 12.4. The van der Waals surface area contributed by atoms with E-state index in [2.05, 4.69) is 10.6 Å². The molecular weight excluding hydrogens is 270 g/mol. The molecule has 1 heterocycles. The number of benzene rings is 1. The van der Waals surface area contributed by atoms with Crippen molar-refractivity contribution in [2.75, 3.05) is 23.8 Å². The highest BCUT2D eigenvalue weighted by molar-refractivity contribution is 5.99. The lowest BCUT2D eigenvalue weighted by atomic mass is 9.90. The van der Waals surface area contributed by atoms with Crippen molar-refractivity contribution in [3.63, 3.8) is 0 Å². The van der Waals surface area contributed by atoms with E-state index in [1.807, 2.05) is 13.0 Å². The van der Waals surface area contributed by atoms with Crippen LogP contribution in [0.4, 0.5) is 11.4 Å². The first kappa shape index (κ1) is 15.5. The summed E-state index contributed by atoms with van der Waals surface area (Å²) in [6.07, 6.45) is 1.01. The third-order valence-electron chi connectivity index (χ3n) is 3.64. The van der Waals surface area contributed by atoms with E-state index < -0.39 is 5.54 Å². The van der Waals surface area contributed by atoms with Gasteiger partial charge in [-0.2, -0.15) is 0 Å². The van der Waals surface area contributed by atoms with Gasteiger partial charge in [-0.25, -0.2) is 0 Å². The molecule has 0 spiro atoms. The van der Waals surface area contributed by atoms with Gasteiger partial charge in [0.2, 0.25) is 11.8 Å². The number of aryl methyl sites for hydroxylation is 1. The summed E-state index contributed by atoms with van der Waals surface area (Å²) in [5.74, 6) is -0.371. The second-order valence-electron chi connectivity index (χ2n) is 5.43. The highest BCUT2D eigenvalue weighted by Gasteiger charge is 2.36. The number of anilines is 2. The van der Waals surface area contributed by atoms with E-state index >= 15 is 0 Å². The van der Waals surface area contributed by atoms with Crippen LogP contribution < -0.4 is 16.4 Å². The average Bonchev–Trinajstić information content (AvgIpc) is 2.42. The Morgan fingerprint density at radius 1 is 1.24 bits per heavy atom. The Balaban J connectivity index is 2.14. The average molecular weight is 291 g/mol. The molecule has 0 atom stereocenters.